The van der Waals surface area contributed by atoms with Gasteiger partial charge < -0.3 is 20.1 Å². The lowest BCUT2D eigenvalue weighted by Gasteiger charge is -2.20. The standard InChI is InChI=1S/C22H24BrN3O4/c1-5-29-18-11-14(12-24)10-17(23)20(18)30-13-19(27)25-16-8-6-15(7-9-16)21(28)26-22(2,3)4/h6-11H,5,13H2,1-4H3,(H,25,27)(H,26,28). The van der Waals surface area contributed by atoms with Crippen LogP contribution in [-0.2, 0) is 4.79 Å². The predicted octanol–water partition coefficient (Wildman–Crippen LogP) is 4.27. The van der Waals surface area contributed by atoms with Gasteiger partial charge in [0, 0.05) is 22.9 Å². The van der Waals surface area contributed by atoms with E-state index in [1.54, 1.807) is 36.4 Å². The third-order valence-corrected chi connectivity index (χ3v) is 4.29. The van der Waals surface area contributed by atoms with Crippen LogP contribution in [0, 0.1) is 11.3 Å². The Kier molecular flexibility index (Phi) is 7.84. The number of nitrogens with zero attached hydrogens (tertiary/aromatic N) is 1. The van der Waals surface area contributed by atoms with Crippen molar-refractivity contribution in [2.75, 3.05) is 18.5 Å². The van der Waals surface area contributed by atoms with Crippen molar-refractivity contribution in [3.05, 3.63) is 52.0 Å². The van der Waals surface area contributed by atoms with E-state index in [0.29, 0.717) is 39.4 Å². The minimum atomic E-state index is -0.374. The van der Waals surface area contributed by atoms with Gasteiger partial charge in [-0.25, -0.2) is 0 Å². The van der Waals surface area contributed by atoms with Crippen molar-refractivity contribution >= 4 is 33.4 Å². The molecule has 8 heteroatoms. The zero-order valence-electron chi connectivity index (χ0n) is 17.3. The fourth-order valence-corrected chi connectivity index (χ4v) is 3.04. The zero-order chi connectivity index (χ0) is 22.3. The number of carbonyl (C=O) groups excluding carboxylic acids is 2. The van der Waals surface area contributed by atoms with Crippen LogP contribution in [0.5, 0.6) is 11.5 Å². The third kappa shape index (κ3) is 6.78. The topological polar surface area (TPSA) is 100 Å². The molecule has 158 valence electrons. The molecule has 2 aromatic carbocycles. The van der Waals surface area contributed by atoms with Gasteiger partial charge in [0.15, 0.2) is 18.1 Å². The average molecular weight is 474 g/mol. The lowest BCUT2D eigenvalue weighted by atomic mass is 10.1. The summed E-state index contributed by atoms with van der Waals surface area (Å²) in [5, 5.41) is 14.7. The van der Waals surface area contributed by atoms with E-state index in [2.05, 4.69) is 26.6 Å². The Morgan fingerprint density at radius 1 is 1.13 bits per heavy atom. The normalized spacial score (nSPS) is 10.7. The summed E-state index contributed by atoms with van der Waals surface area (Å²) in [6.07, 6.45) is 0. The van der Waals surface area contributed by atoms with Gasteiger partial charge in [-0.15, -0.1) is 0 Å². The summed E-state index contributed by atoms with van der Waals surface area (Å²) in [6, 6.07) is 11.8. The van der Waals surface area contributed by atoms with Gasteiger partial charge >= 0.3 is 0 Å². The predicted molar refractivity (Wildman–Crippen MR) is 118 cm³/mol. The number of amides is 2. The van der Waals surface area contributed by atoms with Gasteiger partial charge in [0.1, 0.15) is 0 Å². The maximum Gasteiger partial charge on any atom is 0.262 e. The van der Waals surface area contributed by atoms with E-state index in [9.17, 15) is 9.59 Å². The van der Waals surface area contributed by atoms with E-state index in [-0.39, 0.29) is 24.0 Å². The molecule has 0 aromatic heterocycles. The molecule has 2 N–H and O–H groups in total. The quantitative estimate of drug-likeness (QED) is 0.625. The number of hydrogen-bond donors (Lipinski definition) is 2. The fraction of sp³-hybridized carbons (Fsp3) is 0.318. The van der Waals surface area contributed by atoms with Crippen molar-refractivity contribution in [3.8, 4) is 17.6 Å². The van der Waals surface area contributed by atoms with Gasteiger partial charge in [-0.2, -0.15) is 5.26 Å². The maximum atomic E-state index is 12.3. The lowest BCUT2D eigenvalue weighted by molar-refractivity contribution is -0.118. The monoisotopic (exact) mass is 473 g/mol. The summed E-state index contributed by atoms with van der Waals surface area (Å²) in [5.74, 6) is 0.170. The molecule has 0 aliphatic heterocycles. The van der Waals surface area contributed by atoms with E-state index in [1.165, 1.54) is 0 Å². The van der Waals surface area contributed by atoms with Crippen molar-refractivity contribution in [1.82, 2.24) is 5.32 Å². The van der Waals surface area contributed by atoms with Gasteiger partial charge in [0.2, 0.25) is 0 Å². The summed E-state index contributed by atoms with van der Waals surface area (Å²) in [5.41, 5.74) is 1.13. The molecule has 0 aliphatic rings. The molecule has 30 heavy (non-hydrogen) atoms. The third-order valence-electron chi connectivity index (χ3n) is 3.71. The average Bonchev–Trinajstić information content (AvgIpc) is 2.66. The van der Waals surface area contributed by atoms with Crippen molar-refractivity contribution in [2.45, 2.75) is 33.2 Å². The number of carbonyl (C=O) groups is 2. The highest BCUT2D eigenvalue weighted by molar-refractivity contribution is 9.10. The van der Waals surface area contributed by atoms with Crippen LogP contribution in [0.25, 0.3) is 0 Å². The van der Waals surface area contributed by atoms with E-state index >= 15 is 0 Å². The van der Waals surface area contributed by atoms with Crippen LogP contribution < -0.4 is 20.1 Å². The second-order valence-electron chi connectivity index (χ2n) is 7.45. The number of ether oxygens (including phenoxy) is 2. The molecule has 0 atom stereocenters. The van der Waals surface area contributed by atoms with Crippen molar-refractivity contribution in [2.24, 2.45) is 0 Å². The second kappa shape index (κ2) is 10.1. The van der Waals surface area contributed by atoms with E-state index in [4.69, 9.17) is 14.7 Å². The highest BCUT2D eigenvalue weighted by atomic mass is 79.9. The van der Waals surface area contributed by atoms with E-state index in [1.807, 2.05) is 33.8 Å². The fourth-order valence-electron chi connectivity index (χ4n) is 2.49. The Balaban J connectivity index is 2.00. The SMILES string of the molecule is CCOc1cc(C#N)cc(Br)c1OCC(=O)Nc1ccc(C(=O)NC(C)(C)C)cc1. The van der Waals surface area contributed by atoms with Gasteiger partial charge in [-0.05, 0) is 74.0 Å². The molecule has 2 aromatic rings. The molecule has 0 bridgehead atoms. The molecule has 0 heterocycles. The zero-order valence-corrected chi connectivity index (χ0v) is 18.9. The Hall–Kier alpha value is -3.05. The Morgan fingerprint density at radius 3 is 2.37 bits per heavy atom. The largest absolute Gasteiger partial charge is 0.490 e. The smallest absolute Gasteiger partial charge is 0.262 e. The summed E-state index contributed by atoms with van der Waals surface area (Å²) < 4.78 is 11.6. The number of nitrogens with one attached hydrogen (secondary N) is 2. The molecule has 7 nitrogen and oxygen atoms in total. The van der Waals surface area contributed by atoms with Crippen LogP contribution in [0.1, 0.15) is 43.6 Å². The first-order valence-corrected chi connectivity index (χ1v) is 10.1. The lowest BCUT2D eigenvalue weighted by Crippen LogP contribution is -2.40. The van der Waals surface area contributed by atoms with Crippen LogP contribution in [0.3, 0.4) is 0 Å². The molecule has 0 aliphatic carbocycles. The first kappa shape index (κ1) is 23.2. The van der Waals surface area contributed by atoms with Crippen molar-refractivity contribution in [3.63, 3.8) is 0 Å². The molecule has 0 saturated heterocycles. The van der Waals surface area contributed by atoms with Gasteiger partial charge in [-0.1, -0.05) is 0 Å². The summed E-state index contributed by atoms with van der Waals surface area (Å²) in [6.45, 7) is 7.67. The van der Waals surface area contributed by atoms with Crippen molar-refractivity contribution < 1.29 is 19.1 Å². The number of halogens is 1. The number of benzene rings is 2. The number of hydrogen-bond acceptors (Lipinski definition) is 5. The van der Waals surface area contributed by atoms with Gasteiger partial charge in [-0.3, -0.25) is 9.59 Å². The van der Waals surface area contributed by atoms with Crippen molar-refractivity contribution in [1.29, 1.82) is 5.26 Å². The minimum absolute atomic E-state index is 0.183. The van der Waals surface area contributed by atoms with Crippen LogP contribution in [0.15, 0.2) is 40.9 Å². The highest BCUT2D eigenvalue weighted by Crippen LogP contribution is 2.36. The molecule has 2 amide bonds. The molecule has 0 saturated carbocycles. The van der Waals surface area contributed by atoms with E-state index in [0.717, 1.165) is 0 Å². The number of anilines is 1. The molecular formula is C22H24BrN3O4. The van der Waals surface area contributed by atoms with Crippen LogP contribution >= 0.6 is 15.9 Å². The molecule has 0 unspecified atom stereocenters. The first-order valence-electron chi connectivity index (χ1n) is 9.34. The molecular weight excluding hydrogens is 450 g/mol. The van der Waals surface area contributed by atoms with Gasteiger partial charge in [0.25, 0.3) is 11.8 Å². The summed E-state index contributed by atoms with van der Waals surface area (Å²) in [4.78, 5) is 24.4. The van der Waals surface area contributed by atoms with Crippen LogP contribution in [-0.4, -0.2) is 30.6 Å². The number of rotatable bonds is 7. The molecule has 0 fully saturated rings. The van der Waals surface area contributed by atoms with Crippen LogP contribution in [0.2, 0.25) is 0 Å². The number of nitriles is 1. The first-order chi connectivity index (χ1) is 14.1. The Labute approximate surface area is 184 Å². The molecule has 2 rings (SSSR count). The van der Waals surface area contributed by atoms with Crippen LogP contribution in [0.4, 0.5) is 5.69 Å². The molecule has 0 radical (unpaired) electrons. The minimum Gasteiger partial charge on any atom is -0.490 e. The Morgan fingerprint density at radius 2 is 1.80 bits per heavy atom. The maximum absolute atomic E-state index is 12.3. The molecule has 0 spiro atoms. The van der Waals surface area contributed by atoms with Gasteiger partial charge in [0.05, 0.1) is 22.7 Å². The summed E-state index contributed by atoms with van der Waals surface area (Å²) >= 11 is 3.34. The Bertz CT molecular complexity index is 960. The second-order valence-corrected chi connectivity index (χ2v) is 8.30. The summed E-state index contributed by atoms with van der Waals surface area (Å²) in [7, 11) is 0. The highest BCUT2D eigenvalue weighted by Gasteiger charge is 2.16. The van der Waals surface area contributed by atoms with E-state index < -0.39 is 0 Å².